The Kier molecular flexibility index (Phi) is 4.84. The van der Waals surface area contributed by atoms with Crippen LogP contribution in [0.4, 0.5) is 0 Å². The third kappa shape index (κ3) is 3.92. The van der Waals surface area contributed by atoms with E-state index in [9.17, 15) is 13.2 Å². The molecule has 0 radical (unpaired) electrons. The van der Waals surface area contributed by atoms with Gasteiger partial charge in [0.05, 0.1) is 11.5 Å². The van der Waals surface area contributed by atoms with Crippen LogP contribution in [0.2, 0.25) is 0 Å². The molecule has 2 atom stereocenters. The van der Waals surface area contributed by atoms with E-state index in [2.05, 4.69) is 5.32 Å². The lowest BCUT2D eigenvalue weighted by Gasteiger charge is -2.30. The smallest absolute Gasteiger partial charge is 0.223 e. The number of amides is 1. The van der Waals surface area contributed by atoms with E-state index in [1.807, 2.05) is 6.92 Å². The Morgan fingerprint density at radius 3 is 2.68 bits per heavy atom. The van der Waals surface area contributed by atoms with Crippen molar-refractivity contribution in [2.45, 2.75) is 38.6 Å². The highest BCUT2D eigenvalue weighted by atomic mass is 32.2. The van der Waals surface area contributed by atoms with E-state index >= 15 is 0 Å². The number of rotatable bonds is 4. The molecule has 0 aromatic heterocycles. The van der Waals surface area contributed by atoms with Crippen LogP contribution >= 0.6 is 0 Å². The molecule has 0 aliphatic carbocycles. The Balaban J connectivity index is 1.91. The quantitative estimate of drug-likeness (QED) is 0.814. The number of hydrogen-bond acceptors (Lipinski definition) is 4. The molecule has 2 aliphatic heterocycles. The van der Waals surface area contributed by atoms with E-state index in [1.165, 1.54) is 0 Å². The van der Waals surface area contributed by atoms with Gasteiger partial charge in [0.2, 0.25) is 5.91 Å². The molecule has 19 heavy (non-hydrogen) atoms. The van der Waals surface area contributed by atoms with Crippen LogP contribution in [0, 0.1) is 5.92 Å². The molecule has 6 heteroatoms. The van der Waals surface area contributed by atoms with E-state index in [0.29, 0.717) is 25.3 Å². The Labute approximate surface area is 115 Å². The first-order valence-corrected chi connectivity index (χ1v) is 9.04. The summed E-state index contributed by atoms with van der Waals surface area (Å²) in [6.45, 7) is 4.50. The van der Waals surface area contributed by atoms with Gasteiger partial charge in [-0.3, -0.25) is 4.79 Å². The SMILES string of the molecule is CCN(C(=O)CC1CCCNC1)C1CCS(=O)(=O)C1. The summed E-state index contributed by atoms with van der Waals surface area (Å²) in [7, 11) is -2.92. The summed E-state index contributed by atoms with van der Waals surface area (Å²) in [5.74, 6) is 0.911. The zero-order chi connectivity index (χ0) is 13.9. The molecule has 2 aliphatic rings. The van der Waals surface area contributed by atoms with Gasteiger partial charge in [-0.25, -0.2) is 8.42 Å². The summed E-state index contributed by atoms with van der Waals surface area (Å²) < 4.78 is 23.1. The third-order valence-corrected chi connectivity index (χ3v) is 5.92. The van der Waals surface area contributed by atoms with Crippen LogP contribution < -0.4 is 5.32 Å². The van der Waals surface area contributed by atoms with E-state index in [4.69, 9.17) is 0 Å². The number of nitrogens with zero attached hydrogens (tertiary/aromatic N) is 1. The fourth-order valence-electron chi connectivity index (χ4n) is 3.12. The van der Waals surface area contributed by atoms with Crippen molar-refractivity contribution in [1.82, 2.24) is 10.2 Å². The molecule has 0 saturated carbocycles. The van der Waals surface area contributed by atoms with Crippen molar-refractivity contribution in [2.75, 3.05) is 31.1 Å². The standard InChI is InChI=1S/C13H24N2O3S/c1-2-15(12-5-7-19(17,18)10-12)13(16)8-11-4-3-6-14-9-11/h11-12,14H,2-10H2,1H3. The zero-order valence-corrected chi connectivity index (χ0v) is 12.4. The van der Waals surface area contributed by atoms with Crippen molar-refractivity contribution in [3.8, 4) is 0 Å². The van der Waals surface area contributed by atoms with Crippen LogP contribution in [-0.2, 0) is 14.6 Å². The van der Waals surface area contributed by atoms with Crippen molar-refractivity contribution < 1.29 is 13.2 Å². The number of nitrogens with one attached hydrogen (secondary N) is 1. The molecule has 2 heterocycles. The second kappa shape index (κ2) is 6.22. The summed E-state index contributed by atoms with van der Waals surface area (Å²) in [5.41, 5.74) is 0. The second-order valence-corrected chi connectivity index (χ2v) is 7.88. The summed E-state index contributed by atoms with van der Waals surface area (Å²) in [5, 5.41) is 3.31. The van der Waals surface area contributed by atoms with Gasteiger partial charge in [-0.2, -0.15) is 0 Å². The van der Waals surface area contributed by atoms with Gasteiger partial charge in [-0.15, -0.1) is 0 Å². The highest BCUT2D eigenvalue weighted by Gasteiger charge is 2.34. The molecule has 0 spiro atoms. The normalized spacial score (nSPS) is 30.2. The molecular weight excluding hydrogens is 264 g/mol. The molecule has 2 fully saturated rings. The number of carbonyl (C=O) groups excluding carboxylic acids is 1. The van der Waals surface area contributed by atoms with Gasteiger partial charge in [-0.05, 0) is 45.2 Å². The molecule has 1 N–H and O–H groups in total. The van der Waals surface area contributed by atoms with Crippen LogP contribution in [-0.4, -0.2) is 56.4 Å². The molecule has 2 unspecified atom stereocenters. The monoisotopic (exact) mass is 288 g/mol. The highest BCUT2D eigenvalue weighted by molar-refractivity contribution is 7.91. The molecule has 5 nitrogen and oxygen atoms in total. The van der Waals surface area contributed by atoms with Crippen LogP contribution in [0.25, 0.3) is 0 Å². The molecule has 110 valence electrons. The van der Waals surface area contributed by atoms with E-state index < -0.39 is 9.84 Å². The lowest BCUT2D eigenvalue weighted by Crippen LogP contribution is -2.43. The topological polar surface area (TPSA) is 66.5 Å². The largest absolute Gasteiger partial charge is 0.339 e. The van der Waals surface area contributed by atoms with Gasteiger partial charge < -0.3 is 10.2 Å². The maximum absolute atomic E-state index is 12.3. The Hall–Kier alpha value is -0.620. The Morgan fingerprint density at radius 1 is 1.37 bits per heavy atom. The first-order chi connectivity index (χ1) is 9.02. The molecule has 0 bridgehead atoms. The number of hydrogen-bond donors (Lipinski definition) is 1. The molecule has 0 aromatic rings. The summed E-state index contributed by atoms with van der Waals surface area (Å²) in [4.78, 5) is 14.1. The molecule has 1 amide bonds. The number of piperidine rings is 1. The molecule has 2 rings (SSSR count). The lowest BCUT2D eigenvalue weighted by atomic mass is 9.95. The van der Waals surface area contributed by atoms with Crippen molar-refractivity contribution >= 4 is 15.7 Å². The van der Waals surface area contributed by atoms with Crippen molar-refractivity contribution in [2.24, 2.45) is 5.92 Å². The van der Waals surface area contributed by atoms with E-state index in [-0.39, 0.29) is 23.5 Å². The van der Waals surface area contributed by atoms with E-state index in [0.717, 1.165) is 25.9 Å². The van der Waals surface area contributed by atoms with Crippen LogP contribution in [0.5, 0.6) is 0 Å². The summed E-state index contributed by atoms with van der Waals surface area (Å²) >= 11 is 0. The van der Waals surface area contributed by atoms with Crippen molar-refractivity contribution in [3.05, 3.63) is 0 Å². The van der Waals surface area contributed by atoms with Gasteiger partial charge in [0, 0.05) is 19.0 Å². The third-order valence-electron chi connectivity index (χ3n) is 4.17. The molecular formula is C13H24N2O3S. The zero-order valence-electron chi connectivity index (χ0n) is 11.6. The maximum Gasteiger partial charge on any atom is 0.223 e. The van der Waals surface area contributed by atoms with Gasteiger partial charge in [-0.1, -0.05) is 0 Å². The highest BCUT2D eigenvalue weighted by Crippen LogP contribution is 2.21. The van der Waals surface area contributed by atoms with Crippen LogP contribution in [0.1, 0.15) is 32.6 Å². The minimum absolute atomic E-state index is 0.0981. The predicted molar refractivity (Wildman–Crippen MR) is 74.7 cm³/mol. The summed E-state index contributed by atoms with van der Waals surface area (Å²) in [6.07, 6.45) is 3.38. The average Bonchev–Trinajstić information content (AvgIpc) is 2.72. The predicted octanol–water partition coefficient (Wildman–Crippen LogP) is 0.412. The van der Waals surface area contributed by atoms with Gasteiger partial charge in [0.15, 0.2) is 9.84 Å². The maximum atomic E-state index is 12.3. The lowest BCUT2D eigenvalue weighted by molar-refractivity contribution is -0.134. The number of carbonyl (C=O) groups is 1. The van der Waals surface area contributed by atoms with Crippen LogP contribution in [0.3, 0.4) is 0 Å². The minimum atomic E-state index is -2.92. The number of sulfone groups is 1. The van der Waals surface area contributed by atoms with Crippen LogP contribution in [0.15, 0.2) is 0 Å². The van der Waals surface area contributed by atoms with Gasteiger partial charge in [0.25, 0.3) is 0 Å². The average molecular weight is 288 g/mol. The Morgan fingerprint density at radius 2 is 2.16 bits per heavy atom. The van der Waals surface area contributed by atoms with Gasteiger partial charge >= 0.3 is 0 Å². The van der Waals surface area contributed by atoms with Crippen molar-refractivity contribution in [3.63, 3.8) is 0 Å². The van der Waals surface area contributed by atoms with E-state index in [1.54, 1.807) is 4.90 Å². The first-order valence-electron chi connectivity index (χ1n) is 7.22. The fraction of sp³-hybridized carbons (Fsp3) is 0.923. The summed E-state index contributed by atoms with van der Waals surface area (Å²) in [6, 6.07) is -0.0981. The van der Waals surface area contributed by atoms with Gasteiger partial charge in [0.1, 0.15) is 0 Å². The second-order valence-electron chi connectivity index (χ2n) is 5.65. The fourth-order valence-corrected chi connectivity index (χ4v) is 4.85. The Bertz CT molecular complexity index is 416. The van der Waals surface area contributed by atoms with Crippen molar-refractivity contribution in [1.29, 1.82) is 0 Å². The molecule has 2 saturated heterocycles. The minimum Gasteiger partial charge on any atom is -0.339 e. The molecule has 0 aromatic carbocycles. The first kappa shape index (κ1) is 14.8.